The van der Waals surface area contributed by atoms with Crippen LogP contribution in [0.4, 0.5) is 0 Å². The topological polar surface area (TPSA) is 88.1 Å². The Balaban J connectivity index is 2.15. The fourth-order valence-electron chi connectivity index (χ4n) is 2.03. The summed E-state index contributed by atoms with van der Waals surface area (Å²) in [6.45, 7) is 0. The van der Waals surface area contributed by atoms with Gasteiger partial charge in [0, 0.05) is 17.0 Å². The number of benzene rings is 1. The Morgan fingerprint density at radius 1 is 1.33 bits per heavy atom. The molecule has 0 aliphatic rings. The number of fused-ring (bicyclic) bond motifs is 1. The van der Waals surface area contributed by atoms with E-state index in [0.717, 1.165) is 5.39 Å². The van der Waals surface area contributed by atoms with E-state index in [1.807, 2.05) is 0 Å². The minimum Gasteiger partial charge on any atom is -0.481 e. The molecule has 0 atom stereocenters. The zero-order chi connectivity index (χ0) is 15.0. The van der Waals surface area contributed by atoms with Gasteiger partial charge >= 0.3 is 5.97 Å². The van der Waals surface area contributed by atoms with Crippen LogP contribution in [0.2, 0.25) is 5.02 Å². The van der Waals surface area contributed by atoms with E-state index in [4.69, 9.17) is 21.4 Å². The van der Waals surface area contributed by atoms with Crippen LogP contribution in [0.15, 0.2) is 30.3 Å². The summed E-state index contributed by atoms with van der Waals surface area (Å²) in [6.07, 6.45) is 0. The first-order valence-corrected chi connectivity index (χ1v) is 6.40. The highest BCUT2D eigenvalue weighted by atomic mass is 35.5. The number of carboxylic acids is 1. The van der Waals surface area contributed by atoms with Crippen molar-refractivity contribution in [3.63, 3.8) is 0 Å². The highest BCUT2D eigenvalue weighted by Crippen LogP contribution is 2.33. The van der Waals surface area contributed by atoms with Crippen LogP contribution in [0.3, 0.4) is 0 Å². The number of rotatable bonds is 3. The third-order valence-electron chi connectivity index (χ3n) is 3.07. The lowest BCUT2D eigenvalue weighted by Gasteiger charge is -2.06. The molecule has 3 rings (SSSR count). The van der Waals surface area contributed by atoms with Crippen LogP contribution < -0.4 is 4.74 Å². The summed E-state index contributed by atoms with van der Waals surface area (Å²) in [5, 5.41) is 16.6. The van der Waals surface area contributed by atoms with Crippen molar-refractivity contribution in [1.82, 2.24) is 15.2 Å². The number of aromatic amines is 1. The molecule has 0 radical (unpaired) electrons. The van der Waals surface area contributed by atoms with E-state index in [1.54, 1.807) is 31.4 Å². The summed E-state index contributed by atoms with van der Waals surface area (Å²) in [5.41, 5.74) is 1.81. The van der Waals surface area contributed by atoms with Gasteiger partial charge in [0.05, 0.1) is 23.3 Å². The van der Waals surface area contributed by atoms with Crippen molar-refractivity contribution in [1.29, 1.82) is 0 Å². The Labute approximate surface area is 124 Å². The zero-order valence-electron chi connectivity index (χ0n) is 10.9. The van der Waals surface area contributed by atoms with Gasteiger partial charge in [-0.05, 0) is 24.3 Å². The fourth-order valence-corrected chi connectivity index (χ4v) is 2.35. The monoisotopic (exact) mass is 303 g/mol. The second kappa shape index (κ2) is 5.06. The van der Waals surface area contributed by atoms with Crippen molar-refractivity contribution in [3.8, 4) is 17.1 Å². The third kappa shape index (κ3) is 2.30. The summed E-state index contributed by atoms with van der Waals surface area (Å²) in [7, 11) is 1.54. The van der Waals surface area contributed by atoms with Crippen LogP contribution in [-0.2, 0) is 0 Å². The number of methoxy groups -OCH3 is 1. The number of aromatic nitrogens is 3. The van der Waals surface area contributed by atoms with Gasteiger partial charge in [0.2, 0.25) is 5.88 Å². The predicted octanol–water partition coefficient (Wildman–Crippen LogP) is 2.99. The Hall–Kier alpha value is -2.60. The van der Waals surface area contributed by atoms with E-state index in [1.165, 1.54) is 6.07 Å². The van der Waals surface area contributed by atoms with E-state index in [2.05, 4.69) is 15.2 Å². The smallest absolute Gasteiger partial charge is 0.353 e. The maximum atomic E-state index is 10.9. The summed E-state index contributed by atoms with van der Waals surface area (Å²) in [4.78, 5) is 15.2. The normalized spacial score (nSPS) is 10.8. The molecule has 2 heterocycles. The molecule has 0 spiro atoms. The molecule has 0 bridgehead atoms. The molecule has 6 nitrogen and oxygen atoms in total. The number of pyridine rings is 1. The van der Waals surface area contributed by atoms with Crippen molar-refractivity contribution in [3.05, 3.63) is 41.0 Å². The van der Waals surface area contributed by atoms with Crippen molar-refractivity contribution < 1.29 is 14.6 Å². The average molecular weight is 304 g/mol. The number of nitrogens with one attached hydrogen (secondary N) is 1. The van der Waals surface area contributed by atoms with Gasteiger partial charge in [0.15, 0.2) is 0 Å². The Kier molecular flexibility index (Phi) is 3.23. The number of aromatic carboxylic acids is 1. The molecular weight excluding hydrogens is 294 g/mol. The van der Waals surface area contributed by atoms with Gasteiger partial charge in [0.1, 0.15) is 5.69 Å². The van der Waals surface area contributed by atoms with Crippen molar-refractivity contribution in [2.24, 2.45) is 0 Å². The molecule has 2 aromatic heterocycles. The molecule has 0 aliphatic heterocycles. The van der Waals surface area contributed by atoms with Gasteiger partial charge in [-0.2, -0.15) is 5.10 Å². The Morgan fingerprint density at radius 2 is 2.14 bits per heavy atom. The van der Waals surface area contributed by atoms with Gasteiger partial charge in [-0.15, -0.1) is 0 Å². The van der Waals surface area contributed by atoms with Gasteiger partial charge in [-0.1, -0.05) is 11.6 Å². The first-order chi connectivity index (χ1) is 10.1. The maximum absolute atomic E-state index is 10.9. The molecule has 0 fully saturated rings. The molecule has 106 valence electrons. The molecule has 7 heteroatoms. The van der Waals surface area contributed by atoms with Crippen molar-refractivity contribution in [2.45, 2.75) is 0 Å². The zero-order valence-corrected chi connectivity index (χ0v) is 11.7. The fraction of sp³-hybridized carbons (Fsp3) is 0.0714. The predicted molar refractivity (Wildman–Crippen MR) is 77.8 cm³/mol. The van der Waals surface area contributed by atoms with Crippen LogP contribution in [-0.4, -0.2) is 33.4 Å². The van der Waals surface area contributed by atoms with Gasteiger partial charge < -0.3 is 9.84 Å². The van der Waals surface area contributed by atoms with Gasteiger partial charge in [-0.25, -0.2) is 9.78 Å². The molecule has 0 amide bonds. The molecule has 0 unspecified atom stereocenters. The lowest BCUT2D eigenvalue weighted by molar-refractivity contribution is 0.0690. The molecule has 2 N–H and O–H groups in total. The van der Waals surface area contributed by atoms with E-state index in [0.29, 0.717) is 27.7 Å². The number of carbonyl (C=O) groups is 1. The first kappa shape index (κ1) is 13.4. The molecule has 0 saturated heterocycles. The Morgan fingerprint density at radius 3 is 2.81 bits per heavy atom. The van der Waals surface area contributed by atoms with Gasteiger partial charge in [0.25, 0.3) is 0 Å². The lowest BCUT2D eigenvalue weighted by atomic mass is 10.1. The quantitative estimate of drug-likeness (QED) is 0.776. The van der Waals surface area contributed by atoms with Crippen LogP contribution in [0.1, 0.15) is 10.5 Å². The SMILES string of the molecule is COc1ccc2c(Cl)c(-c3cc(C(=O)O)[nH]n3)ccc2n1. The highest BCUT2D eigenvalue weighted by molar-refractivity contribution is 6.38. The maximum Gasteiger partial charge on any atom is 0.353 e. The molecule has 21 heavy (non-hydrogen) atoms. The number of nitrogens with zero attached hydrogens (tertiary/aromatic N) is 2. The minimum atomic E-state index is -1.07. The van der Waals surface area contributed by atoms with E-state index < -0.39 is 5.97 Å². The van der Waals surface area contributed by atoms with Crippen molar-refractivity contribution >= 4 is 28.5 Å². The van der Waals surface area contributed by atoms with E-state index in [-0.39, 0.29) is 5.69 Å². The molecule has 1 aromatic carbocycles. The number of halogens is 1. The van der Waals surface area contributed by atoms with Crippen LogP contribution in [0.25, 0.3) is 22.2 Å². The molecule has 0 aliphatic carbocycles. The summed E-state index contributed by atoms with van der Waals surface area (Å²) >= 11 is 6.38. The number of H-pyrrole nitrogens is 1. The third-order valence-corrected chi connectivity index (χ3v) is 3.48. The van der Waals surface area contributed by atoms with Crippen molar-refractivity contribution in [2.75, 3.05) is 7.11 Å². The molecule has 3 aromatic rings. The van der Waals surface area contributed by atoms with E-state index in [9.17, 15) is 4.79 Å². The summed E-state index contributed by atoms with van der Waals surface area (Å²) in [5.74, 6) is -0.573. The van der Waals surface area contributed by atoms with Crippen LogP contribution in [0.5, 0.6) is 5.88 Å². The summed E-state index contributed by atoms with van der Waals surface area (Å²) in [6, 6.07) is 8.49. The standard InChI is InChI=1S/C14H10ClN3O3/c1-21-12-5-3-7-9(16-12)4-2-8(13(7)15)10-6-11(14(19)20)18-17-10/h2-6H,1H3,(H,17,18)(H,19,20). The second-order valence-corrected chi connectivity index (χ2v) is 4.70. The van der Waals surface area contributed by atoms with E-state index >= 15 is 0 Å². The lowest BCUT2D eigenvalue weighted by Crippen LogP contribution is -1.95. The number of carboxylic acid groups (broad SMARTS) is 1. The largest absolute Gasteiger partial charge is 0.481 e. The van der Waals surface area contributed by atoms with Gasteiger partial charge in [-0.3, -0.25) is 5.10 Å². The minimum absolute atomic E-state index is 0.00835. The number of hydrogen-bond donors (Lipinski definition) is 2. The molecule has 0 saturated carbocycles. The van der Waals surface area contributed by atoms with Crippen LogP contribution in [0, 0.1) is 0 Å². The number of hydrogen-bond acceptors (Lipinski definition) is 4. The first-order valence-electron chi connectivity index (χ1n) is 6.02. The number of ether oxygens (including phenoxy) is 1. The Bertz CT molecular complexity index is 845. The highest BCUT2D eigenvalue weighted by Gasteiger charge is 2.14. The van der Waals surface area contributed by atoms with Crippen LogP contribution >= 0.6 is 11.6 Å². The summed E-state index contributed by atoms with van der Waals surface area (Å²) < 4.78 is 5.07. The second-order valence-electron chi connectivity index (χ2n) is 4.32. The molecular formula is C14H10ClN3O3. The average Bonchev–Trinajstić information content (AvgIpc) is 2.97.